The van der Waals surface area contributed by atoms with Gasteiger partial charge in [-0.2, -0.15) is 0 Å². The zero-order chi connectivity index (χ0) is 22.7. The van der Waals surface area contributed by atoms with E-state index in [0.29, 0.717) is 22.0 Å². The lowest BCUT2D eigenvalue weighted by molar-refractivity contribution is -0.116. The molecule has 0 saturated carbocycles. The standard InChI is InChI=1S/C12H10Cl2N2O2S.C6H16N2.C2H6/c1-7(5-6-17)11(18)16-12(19)15-10-8(13)3-2-4-9(10)14;1-3-4-8-6-5-7-2;1-2/h2-6H,1H3,(H2,15,16,18,19);7-8H,3-6H2,1-2H3;1-2H3/b7-5+;;. The van der Waals surface area contributed by atoms with Gasteiger partial charge in [0, 0.05) is 18.7 Å². The quantitative estimate of drug-likeness (QED) is 0.200. The van der Waals surface area contributed by atoms with Gasteiger partial charge in [-0.15, -0.1) is 0 Å². The number of halogens is 2. The topological polar surface area (TPSA) is 82.3 Å². The average Bonchev–Trinajstić information content (AvgIpc) is 2.70. The number of carbonyl (C=O) groups excluding carboxylic acids is 2. The van der Waals surface area contributed by atoms with Crippen molar-refractivity contribution in [2.24, 2.45) is 0 Å². The largest absolute Gasteiger partial charge is 0.330 e. The Morgan fingerprint density at radius 2 is 1.72 bits per heavy atom. The minimum atomic E-state index is -0.479. The summed E-state index contributed by atoms with van der Waals surface area (Å²) >= 11 is 16.8. The van der Waals surface area contributed by atoms with Crippen LogP contribution in [0.1, 0.15) is 34.1 Å². The van der Waals surface area contributed by atoms with Crippen LogP contribution in [0.15, 0.2) is 29.8 Å². The third kappa shape index (κ3) is 15.1. The van der Waals surface area contributed by atoms with Crippen LogP contribution in [0.25, 0.3) is 0 Å². The molecule has 0 radical (unpaired) electrons. The Hall–Kier alpha value is -1.51. The number of nitrogens with one attached hydrogen (secondary N) is 4. The van der Waals surface area contributed by atoms with Crippen LogP contribution in [0.4, 0.5) is 5.69 Å². The van der Waals surface area contributed by atoms with Gasteiger partial charge in [-0.05, 0) is 57.4 Å². The van der Waals surface area contributed by atoms with E-state index in [-0.39, 0.29) is 10.7 Å². The van der Waals surface area contributed by atoms with Crippen LogP contribution >= 0.6 is 35.4 Å². The van der Waals surface area contributed by atoms with Crippen LogP contribution in [0.2, 0.25) is 10.0 Å². The van der Waals surface area contributed by atoms with Gasteiger partial charge in [-0.3, -0.25) is 14.9 Å². The molecule has 0 unspecified atom stereocenters. The fraction of sp³-hybridized carbons (Fsp3) is 0.450. The predicted molar refractivity (Wildman–Crippen MR) is 129 cm³/mol. The van der Waals surface area contributed by atoms with Gasteiger partial charge in [0.05, 0.1) is 15.7 Å². The monoisotopic (exact) mass is 462 g/mol. The Bertz CT molecular complexity index is 629. The minimum Gasteiger partial charge on any atom is -0.330 e. The van der Waals surface area contributed by atoms with Crippen LogP contribution in [0.5, 0.6) is 0 Å². The van der Waals surface area contributed by atoms with E-state index in [1.165, 1.54) is 13.3 Å². The van der Waals surface area contributed by atoms with Crippen molar-refractivity contribution in [3.8, 4) is 0 Å². The molecule has 1 aromatic rings. The number of rotatable bonds is 8. The highest BCUT2D eigenvalue weighted by Gasteiger charge is 2.10. The molecule has 164 valence electrons. The van der Waals surface area contributed by atoms with Gasteiger partial charge in [-0.25, -0.2) is 0 Å². The first kappa shape index (κ1) is 29.7. The van der Waals surface area contributed by atoms with Gasteiger partial charge < -0.3 is 16.0 Å². The van der Waals surface area contributed by atoms with Gasteiger partial charge in [0.25, 0.3) is 5.91 Å². The molecule has 1 rings (SSSR count). The van der Waals surface area contributed by atoms with Crippen molar-refractivity contribution in [2.75, 3.05) is 32.0 Å². The fourth-order valence-corrected chi connectivity index (χ4v) is 2.34. The molecule has 0 fully saturated rings. The lowest BCUT2D eigenvalue weighted by atomic mass is 10.3. The Labute approximate surface area is 189 Å². The third-order valence-corrected chi connectivity index (χ3v) is 3.92. The summed E-state index contributed by atoms with van der Waals surface area (Å²) in [4.78, 5) is 21.8. The van der Waals surface area contributed by atoms with E-state index >= 15 is 0 Å². The number of benzene rings is 1. The molecule has 0 saturated heterocycles. The number of aldehydes is 1. The van der Waals surface area contributed by atoms with E-state index < -0.39 is 5.91 Å². The van der Waals surface area contributed by atoms with E-state index in [0.717, 1.165) is 25.7 Å². The molecule has 1 aromatic carbocycles. The van der Waals surface area contributed by atoms with Crippen molar-refractivity contribution in [3.63, 3.8) is 0 Å². The summed E-state index contributed by atoms with van der Waals surface area (Å²) < 4.78 is 0. The molecule has 0 bridgehead atoms. The Morgan fingerprint density at radius 1 is 1.14 bits per heavy atom. The Kier molecular flexibility index (Phi) is 20.3. The van der Waals surface area contributed by atoms with Crippen LogP contribution in [-0.4, -0.2) is 44.0 Å². The van der Waals surface area contributed by atoms with Gasteiger partial charge in [-0.1, -0.05) is 50.0 Å². The second-order valence-corrected chi connectivity index (χ2v) is 6.57. The first-order chi connectivity index (χ1) is 13.9. The van der Waals surface area contributed by atoms with E-state index in [1.807, 2.05) is 20.9 Å². The van der Waals surface area contributed by atoms with Crippen LogP contribution in [0, 0.1) is 0 Å². The van der Waals surface area contributed by atoms with Crippen molar-refractivity contribution in [2.45, 2.75) is 34.1 Å². The summed E-state index contributed by atoms with van der Waals surface area (Å²) in [5.74, 6) is -0.479. The number of para-hydroxylation sites is 1. The zero-order valence-corrected chi connectivity index (χ0v) is 20.0. The highest BCUT2D eigenvalue weighted by atomic mass is 35.5. The number of allylic oxidation sites excluding steroid dienone is 1. The maximum absolute atomic E-state index is 11.6. The normalized spacial score (nSPS) is 9.97. The lowest BCUT2D eigenvalue weighted by Gasteiger charge is -2.12. The smallest absolute Gasteiger partial charge is 0.253 e. The number of likely N-dealkylation sites (N-methyl/N-ethyl adjacent to an activating group) is 1. The van der Waals surface area contributed by atoms with Crippen molar-refractivity contribution < 1.29 is 9.59 Å². The summed E-state index contributed by atoms with van der Waals surface area (Å²) in [5.41, 5.74) is 0.651. The van der Waals surface area contributed by atoms with Crippen LogP contribution in [-0.2, 0) is 9.59 Å². The van der Waals surface area contributed by atoms with Gasteiger partial charge >= 0.3 is 0 Å². The number of carbonyl (C=O) groups is 2. The Morgan fingerprint density at radius 3 is 2.21 bits per heavy atom. The molecule has 1 amide bonds. The number of anilines is 1. The van der Waals surface area contributed by atoms with Gasteiger partial charge in [0.2, 0.25) is 0 Å². The summed E-state index contributed by atoms with van der Waals surface area (Å²) in [7, 11) is 1.97. The molecule has 0 aliphatic rings. The first-order valence-electron chi connectivity index (χ1n) is 9.41. The molecular weight excluding hydrogens is 431 g/mol. The second-order valence-electron chi connectivity index (χ2n) is 5.34. The SMILES string of the molecule is C/C(=C\C=O)C(=O)NC(=S)Nc1c(Cl)cccc1Cl.CC.CCCNCCNC. The van der Waals surface area contributed by atoms with E-state index in [4.69, 9.17) is 35.4 Å². The molecule has 0 heterocycles. The lowest BCUT2D eigenvalue weighted by Crippen LogP contribution is -2.34. The van der Waals surface area contributed by atoms with E-state index in [2.05, 4.69) is 28.2 Å². The number of hydrogen-bond donors (Lipinski definition) is 4. The van der Waals surface area contributed by atoms with Gasteiger partial charge in [0.1, 0.15) is 6.29 Å². The second kappa shape index (κ2) is 19.8. The molecule has 0 atom stereocenters. The van der Waals surface area contributed by atoms with Crippen LogP contribution < -0.4 is 21.3 Å². The summed E-state index contributed by atoms with van der Waals surface area (Å²) in [5, 5.41) is 12.3. The maximum Gasteiger partial charge on any atom is 0.253 e. The summed E-state index contributed by atoms with van der Waals surface area (Å²) in [6.45, 7) is 11.0. The van der Waals surface area contributed by atoms with E-state index in [1.54, 1.807) is 18.2 Å². The Balaban J connectivity index is 0. The zero-order valence-electron chi connectivity index (χ0n) is 17.7. The molecule has 9 heteroatoms. The first-order valence-corrected chi connectivity index (χ1v) is 10.6. The molecule has 0 aliphatic carbocycles. The fourth-order valence-electron chi connectivity index (χ4n) is 1.66. The number of thiocarbonyl (C=S) groups is 1. The van der Waals surface area contributed by atoms with Crippen molar-refractivity contribution in [1.82, 2.24) is 16.0 Å². The number of hydrogen-bond acceptors (Lipinski definition) is 5. The molecule has 0 aromatic heterocycles. The summed E-state index contributed by atoms with van der Waals surface area (Å²) in [6.07, 6.45) is 2.89. The van der Waals surface area contributed by atoms with Crippen molar-refractivity contribution >= 4 is 58.4 Å². The maximum atomic E-state index is 11.6. The average molecular weight is 463 g/mol. The molecule has 0 spiro atoms. The highest BCUT2D eigenvalue weighted by Crippen LogP contribution is 2.29. The van der Waals surface area contributed by atoms with E-state index in [9.17, 15) is 9.59 Å². The molecular formula is C20H32Cl2N4O2S. The van der Waals surface area contributed by atoms with Crippen molar-refractivity contribution in [1.29, 1.82) is 0 Å². The highest BCUT2D eigenvalue weighted by molar-refractivity contribution is 7.80. The van der Waals surface area contributed by atoms with Crippen LogP contribution in [0.3, 0.4) is 0 Å². The minimum absolute atomic E-state index is 0.0404. The molecule has 0 aliphatic heterocycles. The molecule has 29 heavy (non-hydrogen) atoms. The van der Waals surface area contributed by atoms with Gasteiger partial charge in [0.15, 0.2) is 5.11 Å². The summed E-state index contributed by atoms with van der Waals surface area (Å²) in [6, 6.07) is 4.96. The molecule has 4 N–H and O–H groups in total. The third-order valence-electron chi connectivity index (χ3n) is 3.08. The molecule has 6 nitrogen and oxygen atoms in total. The predicted octanol–water partition coefficient (Wildman–Crippen LogP) is 4.18. The van der Waals surface area contributed by atoms with Crippen molar-refractivity contribution in [3.05, 3.63) is 39.9 Å². The number of amides is 1.